The fourth-order valence-corrected chi connectivity index (χ4v) is 4.93. The molecular weight excluding hydrogens is 465 g/mol. The first kappa shape index (κ1) is 24.0. The smallest absolute Gasteiger partial charge is 0.410 e. The zero-order valence-corrected chi connectivity index (χ0v) is 20.7. The van der Waals surface area contributed by atoms with Crippen LogP contribution in [0.5, 0.6) is 5.88 Å². The molecule has 2 unspecified atom stereocenters. The Balaban J connectivity index is 1.43. The lowest BCUT2D eigenvalue weighted by Crippen LogP contribution is -2.59. The van der Waals surface area contributed by atoms with Crippen molar-refractivity contribution >= 4 is 17.1 Å². The van der Waals surface area contributed by atoms with Crippen molar-refractivity contribution in [3.05, 3.63) is 47.7 Å². The van der Waals surface area contributed by atoms with Crippen molar-refractivity contribution in [1.82, 2.24) is 19.4 Å². The molecule has 5 rings (SSSR count). The molecule has 1 aromatic carbocycles. The van der Waals surface area contributed by atoms with Crippen LogP contribution in [0.3, 0.4) is 0 Å². The standard InChI is InChI=1S/C26H28FN5O4/c1-15-19(9-28)21(6-5-20(15)27)32-8-7-18-23(32)29-14-30-24(18)35-22-16-10-31(11-17(22)13-34-12-16)25(33)36-26(2,3)4/h5-8,14,16-17,22H,10-13H2,1-4H3. The largest absolute Gasteiger partial charge is 0.473 e. The number of likely N-dealkylation sites (tertiary alicyclic amines) is 1. The highest BCUT2D eigenvalue weighted by atomic mass is 19.1. The van der Waals surface area contributed by atoms with Crippen LogP contribution in [-0.4, -0.2) is 63.5 Å². The number of halogens is 1. The Hall–Kier alpha value is -3.71. The zero-order valence-electron chi connectivity index (χ0n) is 20.7. The quantitative estimate of drug-likeness (QED) is 0.543. The fraction of sp³-hybridized carbons (Fsp3) is 0.462. The summed E-state index contributed by atoms with van der Waals surface area (Å²) < 4.78 is 33.6. The number of piperidine rings is 1. The van der Waals surface area contributed by atoms with Gasteiger partial charge in [-0.2, -0.15) is 5.26 Å². The lowest BCUT2D eigenvalue weighted by atomic mass is 9.84. The van der Waals surface area contributed by atoms with E-state index in [1.807, 2.05) is 26.8 Å². The molecule has 0 spiro atoms. The Labute approximate surface area is 208 Å². The number of carbonyl (C=O) groups excluding carboxylic acids is 1. The highest BCUT2D eigenvalue weighted by Crippen LogP contribution is 2.34. The lowest BCUT2D eigenvalue weighted by Gasteiger charge is -2.46. The summed E-state index contributed by atoms with van der Waals surface area (Å²) in [4.78, 5) is 23.2. The van der Waals surface area contributed by atoms with Gasteiger partial charge in [0, 0.05) is 36.7 Å². The van der Waals surface area contributed by atoms with Gasteiger partial charge in [-0.1, -0.05) is 0 Å². The maximum atomic E-state index is 14.0. The van der Waals surface area contributed by atoms with E-state index in [9.17, 15) is 14.4 Å². The van der Waals surface area contributed by atoms with E-state index in [4.69, 9.17) is 14.2 Å². The molecule has 0 N–H and O–H groups in total. The fourth-order valence-electron chi connectivity index (χ4n) is 4.93. The van der Waals surface area contributed by atoms with E-state index < -0.39 is 11.4 Å². The number of hydrogen-bond acceptors (Lipinski definition) is 7. The molecule has 10 heteroatoms. The minimum absolute atomic E-state index is 0.0398. The first-order valence-electron chi connectivity index (χ1n) is 11.9. The molecule has 2 fully saturated rings. The first-order chi connectivity index (χ1) is 17.2. The van der Waals surface area contributed by atoms with Crippen molar-refractivity contribution < 1.29 is 23.4 Å². The minimum atomic E-state index is -0.565. The number of ether oxygens (including phenoxy) is 3. The number of carbonyl (C=O) groups is 1. The van der Waals surface area contributed by atoms with E-state index in [1.54, 1.807) is 28.7 Å². The molecule has 0 saturated carbocycles. The number of benzene rings is 1. The van der Waals surface area contributed by atoms with Crippen molar-refractivity contribution in [2.75, 3.05) is 26.3 Å². The second-order valence-electron chi connectivity index (χ2n) is 10.3. The zero-order chi connectivity index (χ0) is 25.6. The van der Waals surface area contributed by atoms with E-state index in [0.29, 0.717) is 48.9 Å². The molecule has 2 aromatic heterocycles. The van der Waals surface area contributed by atoms with Crippen molar-refractivity contribution in [3.63, 3.8) is 0 Å². The van der Waals surface area contributed by atoms with Crippen LogP contribution < -0.4 is 4.74 Å². The molecule has 2 aliphatic heterocycles. The molecule has 2 bridgehead atoms. The number of amides is 1. The minimum Gasteiger partial charge on any atom is -0.473 e. The van der Waals surface area contributed by atoms with Crippen LogP contribution in [0, 0.1) is 35.9 Å². The van der Waals surface area contributed by atoms with Gasteiger partial charge in [-0.25, -0.2) is 19.2 Å². The Morgan fingerprint density at radius 2 is 1.92 bits per heavy atom. The van der Waals surface area contributed by atoms with Crippen LogP contribution in [0.15, 0.2) is 30.7 Å². The van der Waals surface area contributed by atoms with E-state index in [2.05, 4.69) is 16.0 Å². The maximum absolute atomic E-state index is 14.0. The summed E-state index contributed by atoms with van der Waals surface area (Å²) in [5.74, 6) is -0.0929. The second kappa shape index (κ2) is 9.06. The number of fused-ring (bicyclic) bond motifs is 3. The third-order valence-electron chi connectivity index (χ3n) is 6.60. The van der Waals surface area contributed by atoms with Crippen molar-refractivity contribution in [3.8, 4) is 17.6 Å². The summed E-state index contributed by atoms with van der Waals surface area (Å²) >= 11 is 0. The van der Waals surface area contributed by atoms with Crippen molar-refractivity contribution in [1.29, 1.82) is 5.26 Å². The Bertz CT molecular complexity index is 1340. The molecule has 9 nitrogen and oxygen atoms in total. The predicted octanol–water partition coefficient (Wildman–Crippen LogP) is 4.00. The highest BCUT2D eigenvalue weighted by molar-refractivity contribution is 5.83. The van der Waals surface area contributed by atoms with Gasteiger partial charge in [-0.05, 0) is 45.9 Å². The normalized spacial score (nSPS) is 21.8. The highest BCUT2D eigenvalue weighted by Gasteiger charge is 2.44. The van der Waals surface area contributed by atoms with E-state index >= 15 is 0 Å². The molecule has 2 atom stereocenters. The summed E-state index contributed by atoms with van der Waals surface area (Å²) in [5, 5.41) is 10.3. The summed E-state index contributed by atoms with van der Waals surface area (Å²) in [6.45, 7) is 9.00. The number of nitriles is 1. The van der Waals surface area contributed by atoms with Crippen molar-refractivity contribution in [2.45, 2.75) is 39.4 Å². The van der Waals surface area contributed by atoms with Crippen LogP contribution >= 0.6 is 0 Å². The number of nitrogens with zero attached hydrogens (tertiary/aromatic N) is 5. The van der Waals surface area contributed by atoms with E-state index in [-0.39, 0.29) is 35.2 Å². The predicted molar refractivity (Wildman–Crippen MR) is 128 cm³/mol. The van der Waals surface area contributed by atoms with Gasteiger partial charge in [-0.15, -0.1) is 0 Å². The van der Waals surface area contributed by atoms with Crippen molar-refractivity contribution in [2.24, 2.45) is 11.8 Å². The van der Waals surface area contributed by atoms with Gasteiger partial charge in [0.15, 0.2) is 5.65 Å². The van der Waals surface area contributed by atoms with E-state index in [0.717, 1.165) is 0 Å². The number of aromatic nitrogens is 3. The number of rotatable bonds is 3. The molecule has 3 aromatic rings. The first-order valence-corrected chi connectivity index (χ1v) is 11.9. The van der Waals surface area contributed by atoms with Crippen LogP contribution in [0.4, 0.5) is 9.18 Å². The monoisotopic (exact) mass is 493 g/mol. The molecule has 1 amide bonds. The van der Waals surface area contributed by atoms with E-state index in [1.165, 1.54) is 12.4 Å². The topological polar surface area (TPSA) is 102 Å². The molecule has 188 valence electrons. The molecule has 4 heterocycles. The van der Waals surface area contributed by atoms with Gasteiger partial charge in [0.1, 0.15) is 29.9 Å². The van der Waals surface area contributed by atoms with Gasteiger partial charge in [0.2, 0.25) is 5.88 Å². The molecule has 36 heavy (non-hydrogen) atoms. The number of hydrogen-bond donors (Lipinski definition) is 0. The third-order valence-corrected chi connectivity index (χ3v) is 6.60. The third kappa shape index (κ3) is 4.35. The second-order valence-corrected chi connectivity index (χ2v) is 10.3. The summed E-state index contributed by atoms with van der Waals surface area (Å²) in [6, 6.07) is 6.84. The summed E-state index contributed by atoms with van der Waals surface area (Å²) in [7, 11) is 0. The molecule has 0 aliphatic carbocycles. The van der Waals surface area contributed by atoms with Gasteiger partial charge in [0.05, 0.1) is 29.9 Å². The van der Waals surface area contributed by atoms with Gasteiger partial charge >= 0.3 is 6.09 Å². The lowest BCUT2D eigenvalue weighted by molar-refractivity contribution is -0.112. The average molecular weight is 494 g/mol. The maximum Gasteiger partial charge on any atom is 0.410 e. The van der Waals surface area contributed by atoms with Crippen LogP contribution in [0.2, 0.25) is 0 Å². The molecule has 0 radical (unpaired) electrons. The van der Waals surface area contributed by atoms with Gasteiger partial charge in [0.25, 0.3) is 0 Å². The molecule has 2 saturated heterocycles. The Morgan fingerprint density at radius 1 is 1.19 bits per heavy atom. The average Bonchev–Trinajstić information content (AvgIpc) is 3.24. The van der Waals surface area contributed by atoms with Gasteiger partial charge < -0.3 is 19.1 Å². The summed E-state index contributed by atoms with van der Waals surface area (Å²) in [6.07, 6.45) is 2.66. The SMILES string of the molecule is Cc1c(F)ccc(-n2ccc3c(OC4C5COCC4CN(C(=O)OC(C)(C)C)C5)ncnc32)c1C#N. The summed E-state index contributed by atoms with van der Waals surface area (Å²) in [5.41, 5.74) is 1.05. The Kier molecular flexibility index (Phi) is 6.04. The molecular formula is C26H28FN5O4. The van der Waals surface area contributed by atoms with Gasteiger partial charge in [-0.3, -0.25) is 4.57 Å². The molecule has 2 aliphatic rings. The Morgan fingerprint density at radius 3 is 2.58 bits per heavy atom. The van der Waals surface area contributed by atoms with Crippen LogP contribution in [0.1, 0.15) is 31.9 Å². The van der Waals surface area contributed by atoms with Crippen LogP contribution in [0.25, 0.3) is 16.7 Å². The van der Waals surface area contributed by atoms with Crippen LogP contribution in [-0.2, 0) is 9.47 Å².